The average Bonchev–Trinajstić information content (AvgIpc) is 3.48. The van der Waals surface area contributed by atoms with Gasteiger partial charge in [0, 0.05) is 26.1 Å². The Bertz CT molecular complexity index is 1280. The van der Waals surface area contributed by atoms with Crippen LogP contribution in [-0.2, 0) is 16.1 Å². The van der Waals surface area contributed by atoms with Gasteiger partial charge in [0.1, 0.15) is 24.6 Å². The lowest BCUT2D eigenvalue weighted by Crippen LogP contribution is -2.48. The zero-order chi connectivity index (χ0) is 26.1. The van der Waals surface area contributed by atoms with E-state index in [4.69, 9.17) is 0 Å². The van der Waals surface area contributed by atoms with Gasteiger partial charge in [-0.1, -0.05) is 41.6 Å². The fourth-order valence-corrected chi connectivity index (χ4v) is 4.77. The molecule has 11 heteroatoms. The summed E-state index contributed by atoms with van der Waals surface area (Å²) in [7, 11) is 3.59. The second-order valence-corrected chi connectivity index (χ2v) is 9.78. The van der Waals surface area contributed by atoms with Crippen molar-refractivity contribution in [1.82, 2.24) is 30.2 Å². The predicted molar refractivity (Wildman–Crippen MR) is 132 cm³/mol. The summed E-state index contributed by atoms with van der Waals surface area (Å²) in [5.41, 5.74) is 1.63. The molecule has 9 nitrogen and oxygen atoms in total. The highest BCUT2D eigenvalue weighted by atomic mass is 19.1. The minimum atomic E-state index is -1.34. The number of alkyl halides is 1. The van der Waals surface area contributed by atoms with E-state index in [2.05, 4.69) is 20.6 Å². The monoisotopic (exact) mass is 509 g/mol. The Morgan fingerprint density at radius 2 is 1.92 bits per heavy atom. The van der Waals surface area contributed by atoms with E-state index < -0.39 is 36.0 Å². The molecule has 2 fully saturated rings. The first-order valence-corrected chi connectivity index (χ1v) is 12.3. The van der Waals surface area contributed by atoms with E-state index in [0.29, 0.717) is 22.6 Å². The second-order valence-electron chi connectivity index (χ2n) is 9.78. The average molecular weight is 510 g/mol. The number of benzene rings is 1. The summed E-state index contributed by atoms with van der Waals surface area (Å²) in [6.45, 7) is -0.372. The molecule has 3 atom stereocenters. The number of likely N-dealkylation sites (tertiary alicyclic amines) is 1. The number of hydrogen-bond acceptors (Lipinski definition) is 6. The van der Waals surface area contributed by atoms with Crippen LogP contribution < -0.4 is 10.2 Å². The van der Waals surface area contributed by atoms with E-state index in [9.17, 15) is 18.4 Å². The second kappa shape index (κ2) is 10.2. The Morgan fingerprint density at radius 3 is 2.59 bits per heavy atom. The molecule has 1 N–H and O–H groups in total. The Kier molecular flexibility index (Phi) is 6.86. The Hall–Kier alpha value is -3.89. The molecule has 194 valence electrons. The van der Waals surface area contributed by atoms with Crippen LogP contribution in [0.2, 0.25) is 0 Å². The smallest absolute Gasteiger partial charge is 0.245 e. The van der Waals surface area contributed by atoms with Crippen molar-refractivity contribution in [2.75, 3.05) is 25.5 Å². The molecule has 2 aromatic heterocycles. The summed E-state index contributed by atoms with van der Waals surface area (Å²) in [4.78, 5) is 33.8. The Labute approximate surface area is 213 Å². The predicted octanol–water partition coefficient (Wildman–Crippen LogP) is 2.60. The highest BCUT2D eigenvalue weighted by Gasteiger charge is 2.41. The number of anilines is 1. The van der Waals surface area contributed by atoms with Gasteiger partial charge in [-0.15, -0.1) is 5.10 Å². The van der Waals surface area contributed by atoms with E-state index in [1.54, 1.807) is 31.1 Å². The number of carbonyl (C=O) groups excluding carboxylic acids is 2. The largest absolute Gasteiger partial charge is 0.362 e. The molecule has 1 aromatic carbocycles. The quantitative estimate of drug-likeness (QED) is 0.469. The van der Waals surface area contributed by atoms with Crippen LogP contribution in [0.5, 0.6) is 0 Å². The summed E-state index contributed by atoms with van der Waals surface area (Å²) in [6, 6.07) is 10.7. The summed E-state index contributed by atoms with van der Waals surface area (Å²) in [5.74, 6) is -0.701. The van der Waals surface area contributed by atoms with Crippen molar-refractivity contribution in [3.05, 3.63) is 71.4 Å². The first kappa shape index (κ1) is 24.8. The van der Waals surface area contributed by atoms with Crippen molar-refractivity contribution in [2.24, 2.45) is 0 Å². The van der Waals surface area contributed by atoms with Gasteiger partial charge >= 0.3 is 0 Å². The number of hydrogen-bond donors (Lipinski definition) is 1. The highest BCUT2D eigenvalue weighted by Crippen LogP contribution is 2.41. The van der Waals surface area contributed by atoms with Crippen molar-refractivity contribution >= 4 is 17.6 Å². The van der Waals surface area contributed by atoms with Gasteiger partial charge < -0.3 is 15.1 Å². The molecule has 3 aromatic rings. The number of aromatic nitrogens is 4. The molecule has 1 saturated heterocycles. The van der Waals surface area contributed by atoms with E-state index in [-0.39, 0.29) is 25.4 Å². The van der Waals surface area contributed by atoms with Crippen LogP contribution in [0.15, 0.2) is 48.7 Å². The van der Waals surface area contributed by atoms with E-state index in [0.717, 1.165) is 12.8 Å². The maximum Gasteiger partial charge on any atom is 0.245 e. The van der Waals surface area contributed by atoms with Crippen molar-refractivity contribution in [3.8, 4) is 0 Å². The summed E-state index contributed by atoms with van der Waals surface area (Å²) in [5, 5.41) is 10.7. The van der Waals surface area contributed by atoms with Crippen LogP contribution >= 0.6 is 0 Å². The maximum absolute atomic E-state index is 14.8. The van der Waals surface area contributed by atoms with Gasteiger partial charge in [-0.3, -0.25) is 9.59 Å². The van der Waals surface area contributed by atoms with Crippen LogP contribution in [-0.4, -0.2) is 69.5 Å². The Morgan fingerprint density at radius 1 is 1.16 bits per heavy atom. The Balaban J connectivity index is 1.37. The minimum absolute atomic E-state index is 0.126. The first-order chi connectivity index (χ1) is 17.8. The number of nitrogens with zero attached hydrogens (tertiary/aromatic N) is 6. The molecule has 1 aliphatic heterocycles. The molecular formula is C26H29F2N7O2. The van der Waals surface area contributed by atoms with Gasteiger partial charge in [-0.2, -0.15) is 4.39 Å². The normalized spacial score (nSPS) is 20.1. The minimum Gasteiger partial charge on any atom is -0.362 e. The third-order valence-electron chi connectivity index (χ3n) is 6.85. The van der Waals surface area contributed by atoms with Crippen LogP contribution in [0.3, 0.4) is 0 Å². The maximum atomic E-state index is 14.8. The zero-order valence-electron chi connectivity index (χ0n) is 20.7. The molecule has 37 heavy (non-hydrogen) atoms. The molecule has 0 bridgehead atoms. The van der Waals surface area contributed by atoms with Gasteiger partial charge in [-0.25, -0.2) is 14.1 Å². The molecular weight excluding hydrogens is 480 g/mol. The molecule has 5 rings (SSSR count). The lowest BCUT2D eigenvalue weighted by atomic mass is 10.0. The number of nitrogens with one attached hydrogen (secondary N) is 1. The van der Waals surface area contributed by atoms with Crippen molar-refractivity contribution < 1.29 is 18.4 Å². The molecule has 2 aliphatic rings. The van der Waals surface area contributed by atoms with Gasteiger partial charge in [0.05, 0.1) is 24.5 Å². The number of halogens is 2. The molecule has 2 amide bonds. The van der Waals surface area contributed by atoms with Gasteiger partial charge in [0.15, 0.2) is 0 Å². The van der Waals surface area contributed by atoms with Gasteiger partial charge in [0.25, 0.3) is 0 Å². The molecule has 1 saturated carbocycles. The lowest BCUT2D eigenvalue weighted by molar-refractivity contribution is -0.139. The number of amides is 2. The van der Waals surface area contributed by atoms with Gasteiger partial charge in [-0.05, 0) is 30.4 Å². The molecule has 1 aliphatic carbocycles. The van der Waals surface area contributed by atoms with Crippen LogP contribution in [0, 0.1) is 5.95 Å². The van der Waals surface area contributed by atoms with Crippen molar-refractivity contribution in [3.63, 3.8) is 0 Å². The highest BCUT2D eigenvalue weighted by molar-refractivity contribution is 5.89. The van der Waals surface area contributed by atoms with Crippen molar-refractivity contribution in [2.45, 2.75) is 50.0 Å². The van der Waals surface area contributed by atoms with Crippen LogP contribution in [0.1, 0.15) is 48.0 Å². The van der Waals surface area contributed by atoms with Crippen LogP contribution in [0.4, 0.5) is 14.6 Å². The summed E-state index contributed by atoms with van der Waals surface area (Å²) >= 11 is 0. The number of rotatable bonds is 8. The fourth-order valence-electron chi connectivity index (χ4n) is 4.77. The van der Waals surface area contributed by atoms with Crippen molar-refractivity contribution in [1.29, 1.82) is 0 Å². The third kappa shape index (κ3) is 5.30. The third-order valence-corrected chi connectivity index (χ3v) is 6.85. The van der Waals surface area contributed by atoms with E-state index >= 15 is 0 Å². The van der Waals surface area contributed by atoms with E-state index in [1.165, 1.54) is 15.8 Å². The number of carbonyl (C=O) groups is 2. The number of pyridine rings is 1. The standard InChI is InChI=1S/C26H29F2N7O2/c1-33(2)22-13-29-32-35(22)15-23(36)34-14-18(27)12-21(34)26(37)31-24(17-6-4-3-5-7-17)20-11-10-19(16-8-9-16)25(28)30-20/h3-7,10-11,13,16,18,21,24H,8-9,12,14-15H2,1-2H3,(H,31,37)/t18-,21+,24+/m1/s1. The zero-order valence-corrected chi connectivity index (χ0v) is 20.7. The topological polar surface area (TPSA) is 96.3 Å². The van der Waals surface area contributed by atoms with Gasteiger partial charge in [0.2, 0.25) is 17.8 Å². The molecule has 0 spiro atoms. The lowest BCUT2D eigenvalue weighted by Gasteiger charge is -2.27. The SMILES string of the molecule is CN(C)c1cnnn1CC(=O)N1C[C@H](F)C[C@H]1C(=O)N[C@@H](c1ccccc1)c1ccc(C2CC2)c(F)n1. The van der Waals surface area contributed by atoms with Crippen LogP contribution in [0.25, 0.3) is 0 Å². The summed E-state index contributed by atoms with van der Waals surface area (Å²) in [6.07, 6.45) is 1.94. The van der Waals surface area contributed by atoms with E-state index in [1.807, 2.05) is 30.3 Å². The first-order valence-electron chi connectivity index (χ1n) is 12.3. The fraction of sp³-hybridized carbons (Fsp3) is 0.423. The molecule has 0 unspecified atom stereocenters. The molecule has 0 radical (unpaired) electrons. The summed E-state index contributed by atoms with van der Waals surface area (Å²) < 4.78 is 30.7. The molecule has 3 heterocycles.